The molecule has 182 valence electrons. The van der Waals surface area contributed by atoms with Crippen LogP contribution in [0.3, 0.4) is 0 Å². The minimum absolute atomic E-state index is 0.105. The van der Waals surface area contributed by atoms with E-state index < -0.39 is 11.2 Å². The van der Waals surface area contributed by atoms with Gasteiger partial charge in [0.15, 0.2) is 11.2 Å². The number of carbonyl (C=O) groups excluding carboxylic acids is 1. The molecule has 1 amide bonds. The first-order valence-electron chi connectivity index (χ1n) is 11.3. The molecule has 11 heteroatoms. The minimum Gasteiger partial charge on any atom is -0.339 e. The van der Waals surface area contributed by atoms with E-state index in [4.69, 9.17) is 16.6 Å². The van der Waals surface area contributed by atoms with E-state index in [9.17, 15) is 14.4 Å². The van der Waals surface area contributed by atoms with E-state index in [1.54, 1.807) is 18.4 Å². The number of amides is 1. The number of rotatable bonds is 5. The maximum atomic E-state index is 13.2. The number of hydrogen-bond donors (Lipinski definition) is 0. The summed E-state index contributed by atoms with van der Waals surface area (Å²) in [6, 6.07) is 11.4. The number of piperazine rings is 1. The summed E-state index contributed by atoms with van der Waals surface area (Å²) >= 11 is 8.02. The predicted molar refractivity (Wildman–Crippen MR) is 138 cm³/mol. The summed E-state index contributed by atoms with van der Waals surface area (Å²) in [4.78, 5) is 48.2. The third kappa shape index (κ3) is 4.28. The Morgan fingerprint density at radius 3 is 2.46 bits per heavy atom. The van der Waals surface area contributed by atoms with Crippen LogP contribution in [0.1, 0.15) is 10.4 Å². The molecule has 4 aromatic rings. The lowest BCUT2D eigenvalue weighted by atomic mass is 10.2. The van der Waals surface area contributed by atoms with Crippen molar-refractivity contribution >= 4 is 46.0 Å². The van der Waals surface area contributed by atoms with Crippen molar-refractivity contribution in [2.75, 3.05) is 31.1 Å². The van der Waals surface area contributed by atoms with Crippen molar-refractivity contribution in [3.05, 3.63) is 78.1 Å². The number of imidazole rings is 1. The molecule has 3 aromatic heterocycles. The van der Waals surface area contributed by atoms with Gasteiger partial charge in [-0.1, -0.05) is 35.9 Å². The maximum absolute atomic E-state index is 13.2. The van der Waals surface area contributed by atoms with E-state index in [1.165, 1.54) is 11.6 Å². The fourth-order valence-corrected chi connectivity index (χ4v) is 5.34. The van der Waals surface area contributed by atoms with Gasteiger partial charge in [0.1, 0.15) is 0 Å². The van der Waals surface area contributed by atoms with Crippen molar-refractivity contribution in [2.45, 2.75) is 13.0 Å². The average molecular weight is 513 g/mol. The minimum atomic E-state index is -0.430. The van der Waals surface area contributed by atoms with Crippen molar-refractivity contribution in [3.8, 4) is 0 Å². The Bertz CT molecular complexity index is 1510. The summed E-state index contributed by atoms with van der Waals surface area (Å²) in [7, 11) is 3.08. The molecule has 0 spiro atoms. The summed E-state index contributed by atoms with van der Waals surface area (Å²) in [6.45, 7) is 2.57. The molecule has 0 N–H and O–H groups in total. The topological polar surface area (TPSA) is 85.4 Å². The molecule has 5 rings (SSSR count). The van der Waals surface area contributed by atoms with Gasteiger partial charge in [-0.25, -0.2) is 4.79 Å². The van der Waals surface area contributed by atoms with E-state index in [0.29, 0.717) is 61.3 Å². The van der Waals surface area contributed by atoms with Gasteiger partial charge in [-0.3, -0.25) is 23.3 Å². The highest BCUT2D eigenvalue weighted by Gasteiger charge is 2.27. The van der Waals surface area contributed by atoms with Gasteiger partial charge in [0.2, 0.25) is 11.9 Å². The Morgan fingerprint density at radius 2 is 1.77 bits per heavy atom. The molecule has 1 aliphatic rings. The van der Waals surface area contributed by atoms with Crippen LogP contribution < -0.4 is 16.1 Å². The highest BCUT2D eigenvalue weighted by atomic mass is 35.5. The number of hydrogen-bond acceptors (Lipinski definition) is 6. The third-order valence-corrected chi connectivity index (χ3v) is 7.68. The molecule has 1 saturated heterocycles. The molecule has 1 fully saturated rings. The van der Waals surface area contributed by atoms with E-state index in [0.717, 1.165) is 15.0 Å². The van der Waals surface area contributed by atoms with Gasteiger partial charge in [0, 0.05) is 50.2 Å². The number of halogens is 1. The molecule has 35 heavy (non-hydrogen) atoms. The Balaban J connectivity index is 1.50. The number of fused-ring (bicyclic) bond motifs is 1. The SMILES string of the molecule is Cn1c(=O)c2c(nc(N3CCN(C(=O)Cc4cccs4)CC3)n2Cc2ccccc2Cl)n(C)c1=O. The number of anilines is 1. The number of carbonyl (C=O) groups is 1. The quantitative estimate of drug-likeness (QED) is 0.409. The molecule has 0 bridgehead atoms. The third-order valence-electron chi connectivity index (χ3n) is 6.43. The molecule has 9 nitrogen and oxygen atoms in total. The summed E-state index contributed by atoms with van der Waals surface area (Å²) < 4.78 is 4.32. The van der Waals surface area contributed by atoms with Crippen LogP contribution in [0.4, 0.5) is 5.95 Å². The second-order valence-corrected chi connectivity index (χ2v) is 10.0. The van der Waals surface area contributed by atoms with E-state index in [-0.39, 0.29) is 5.91 Å². The zero-order chi connectivity index (χ0) is 24.7. The van der Waals surface area contributed by atoms with Crippen LogP contribution in [-0.2, 0) is 31.9 Å². The molecule has 0 aliphatic carbocycles. The van der Waals surface area contributed by atoms with Crippen LogP contribution in [0, 0.1) is 0 Å². The molecular formula is C24H25ClN6O3S. The molecule has 0 atom stereocenters. The van der Waals surface area contributed by atoms with Crippen LogP contribution in [0.15, 0.2) is 51.4 Å². The normalized spacial score (nSPS) is 14.1. The van der Waals surface area contributed by atoms with Crippen LogP contribution >= 0.6 is 22.9 Å². The number of nitrogens with zero attached hydrogens (tertiary/aromatic N) is 6. The van der Waals surface area contributed by atoms with Gasteiger partial charge < -0.3 is 9.80 Å². The summed E-state index contributed by atoms with van der Waals surface area (Å²) in [6.07, 6.45) is 0.404. The second-order valence-electron chi connectivity index (χ2n) is 8.59. The lowest BCUT2D eigenvalue weighted by molar-refractivity contribution is -0.130. The Labute approximate surface area is 210 Å². The lowest BCUT2D eigenvalue weighted by Crippen LogP contribution is -2.50. The van der Waals surface area contributed by atoms with E-state index in [1.807, 2.05) is 51.2 Å². The summed E-state index contributed by atoms with van der Waals surface area (Å²) in [5.41, 5.74) is 0.687. The van der Waals surface area contributed by atoms with Crippen molar-refractivity contribution < 1.29 is 4.79 Å². The van der Waals surface area contributed by atoms with Crippen LogP contribution in [-0.4, -0.2) is 55.7 Å². The van der Waals surface area contributed by atoms with Crippen molar-refractivity contribution in [3.63, 3.8) is 0 Å². The first-order chi connectivity index (χ1) is 16.8. The first-order valence-corrected chi connectivity index (χ1v) is 12.6. The predicted octanol–water partition coefficient (Wildman–Crippen LogP) is 2.09. The van der Waals surface area contributed by atoms with Crippen molar-refractivity contribution in [1.29, 1.82) is 0 Å². The molecule has 1 aliphatic heterocycles. The zero-order valence-corrected chi connectivity index (χ0v) is 21.1. The van der Waals surface area contributed by atoms with Gasteiger partial charge >= 0.3 is 5.69 Å². The average Bonchev–Trinajstić information content (AvgIpc) is 3.51. The molecule has 0 radical (unpaired) electrons. The number of thiophene rings is 1. The fourth-order valence-electron chi connectivity index (χ4n) is 4.45. The molecule has 4 heterocycles. The number of aromatic nitrogens is 4. The molecule has 1 aromatic carbocycles. The van der Waals surface area contributed by atoms with Gasteiger partial charge in [-0.05, 0) is 23.1 Å². The van der Waals surface area contributed by atoms with Crippen molar-refractivity contribution in [2.24, 2.45) is 14.1 Å². The Morgan fingerprint density at radius 1 is 1.03 bits per heavy atom. The van der Waals surface area contributed by atoms with Crippen LogP contribution in [0.2, 0.25) is 5.02 Å². The summed E-state index contributed by atoms with van der Waals surface area (Å²) in [5.74, 6) is 0.691. The largest absolute Gasteiger partial charge is 0.339 e. The molecular weight excluding hydrogens is 488 g/mol. The van der Waals surface area contributed by atoms with Crippen LogP contribution in [0.25, 0.3) is 11.2 Å². The lowest BCUT2D eigenvalue weighted by Gasteiger charge is -2.35. The Hall–Kier alpha value is -3.37. The highest BCUT2D eigenvalue weighted by molar-refractivity contribution is 7.10. The van der Waals surface area contributed by atoms with Gasteiger partial charge in [0.05, 0.1) is 13.0 Å². The number of benzene rings is 1. The first kappa shape index (κ1) is 23.4. The summed E-state index contributed by atoms with van der Waals surface area (Å²) in [5, 5.41) is 2.56. The zero-order valence-electron chi connectivity index (χ0n) is 19.5. The number of aryl methyl sites for hydroxylation is 1. The maximum Gasteiger partial charge on any atom is 0.332 e. The fraction of sp³-hybridized carbons (Fsp3) is 0.333. The second kappa shape index (κ2) is 9.35. The smallest absolute Gasteiger partial charge is 0.332 e. The standard InChI is InChI=1S/C24H25ClN6O3S/c1-27-21-20(22(33)28(2)24(27)34)31(15-16-6-3-4-8-18(16)25)23(26-21)30-11-9-29(10-12-30)19(32)14-17-7-5-13-35-17/h3-8,13H,9-12,14-15H2,1-2H3. The molecule has 0 saturated carbocycles. The molecule has 0 unspecified atom stereocenters. The van der Waals surface area contributed by atoms with Gasteiger partial charge in [-0.15, -0.1) is 11.3 Å². The highest BCUT2D eigenvalue weighted by Crippen LogP contribution is 2.25. The van der Waals surface area contributed by atoms with Gasteiger partial charge in [-0.2, -0.15) is 4.98 Å². The Kier molecular flexibility index (Phi) is 6.24. The van der Waals surface area contributed by atoms with Crippen molar-refractivity contribution in [1.82, 2.24) is 23.6 Å². The monoisotopic (exact) mass is 512 g/mol. The van der Waals surface area contributed by atoms with Gasteiger partial charge in [0.25, 0.3) is 5.56 Å². The van der Waals surface area contributed by atoms with E-state index in [2.05, 4.69) is 4.90 Å². The van der Waals surface area contributed by atoms with E-state index >= 15 is 0 Å². The van der Waals surface area contributed by atoms with Crippen LogP contribution in [0.5, 0.6) is 0 Å².